The van der Waals surface area contributed by atoms with E-state index in [0.29, 0.717) is 10.7 Å². The summed E-state index contributed by atoms with van der Waals surface area (Å²) in [6.07, 6.45) is 0. The Morgan fingerprint density at radius 3 is 2.76 bits per heavy atom. The van der Waals surface area contributed by atoms with Gasteiger partial charge >= 0.3 is 12.6 Å². The minimum Gasteiger partial charge on any atom is -0.454 e. The largest absolute Gasteiger partial charge is 0.454 e. The summed E-state index contributed by atoms with van der Waals surface area (Å²) in [5, 5.41) is 11.2. The average molecular weight is 366 g/mol. The SMILES string of the molecule is Cc1csc([C@H](C#N)C(=O)COC(=O)c2cccc(OC(F)F)c2)n1. The van der Waals surface area contributed by atoms with Crippen molar-refractivity contribution in [1.82, 2.24) is 4.98 Å². The Balaban J connectivity index is 1.99. The highest BCUT2D eigenvalue weighted by molar-refractivity contribution is 7.09. The van der Waals surface area contributed by atoms with E-state index in [-0.39, 0.29) is 11.3 Å². The van der Waals surface area contributed by atoms with Crippen molar-refractivity contribution in [3.63, 3.8) is 0 Å². The van der Waals surface area contributed by atoms with Crippen LogP contribution >= 0.6 is 11.3 Å². The highest BCUT2D eigenvalue weighted by Crippen LogP contribution is 2.21. The Hall–Kier alpha value is -2.86. The summed E-state index contributed by atoms with van der Waals surface area (Å²) < 4.78 is 33.4. The van der Waals surface area contributed by atoms with E-state index in [1.807, 2.05) is 6.07 Å². The van der Waals surface area contributed by atoms with Gasteiger partial charge in [0.25, 0.3) is 0 Å². The number of esters is 1. The molecule has 1 atom stereocenters. The maximum atomic E-state index is 12.2. The molecular formula is C16H12F2N2O4S. The van der Waals surface area contributed by atoms with Crippen LogP contribution in [0.1, 0.15) is 27.0 Å². The van der Waals surface area contributed by atoms with Gasteiger partial charge in [0.2, 0.25) is 0 Å². The number of ether oxygens (including phenoxy) is 2. The van der Waals surface area contributed by atoms with Gasteiger partial charge in [0.15, 0.2) is 18.3 Å². The molecule has 0 fully saturated rings. The summed E-state index contributed by atoms with van der Waals surface area (Å²) in [4.78, 5) is 28.1. The number of carbonyl (C=O) groups excluding carboxylic acids is 2. The minimum atomic E-state index is -3.02. The first-order chi connectivity index (χ1) is 11.9. The van der Waals surface area contributed by atoms with Crippen LogP contribution in [0, 0.1) is 18.3 Å². The van der Waals surface area contributed by atoms with Crippen LogP contribution in [0.25, 0.3) is 0 Å². The molecule has 0 unspecified atom stereocenters. The maximum absolute atomic E-state index is 12.2. The number of thiazole rings is 1. The van der Waals surface area contributed by atoms with Gasteiger partial charge in [-0.2, -0.15) is 14.0 Å². The van der Waals surface area contributed by atoms with Crippen LogP contribution < -0.4 is 4.74 Å². The predicted molar refractivity (Wildman–Crippen MR) is 83.6 cm³/mol. The third kappa shape index (κ3) is 5.06. The molecule has 25 heavy (non-hydrogen) atoms. The number of hydrogen-bond acceptors (Lipinski definition) is 7. The number of hydrogen-bond donors (Lipinski definition) is 0. The van der Waals surface area contributed by atoms with E-state index in [9.17, 15) is 18.4 Å². The van der Waals surface area contributed by atoms with Crippen molar-refractivity contribution in [3.8, 4) is 11.8 Å². The summed E-state index contributed by atoms with van der Waals surface area (Å²) in [6, 6.07) is 6.83. The first-order valence-electron chi connectivity index (χ1n) is 6.97. The molecule has 1 aromatic heterocycles. The van der Waals surface area contributed by atoms with Crippen molar-refractivity contribution in [1.29, 1.82) is 5.26 Å². The van der Waals surface area contributed by atoms with Crippen molar-refractivity contribution < 1.29 is 27.8 Å². The summed E-state index contributed by atoms with van der Waals surface area (Å²) in [6.45, 7) is -1.92. The van der Waals surface area contributed by atoms with Crippen molar-refractivity contribution in [2.45, 2.75) is 19.5 Å². The van der Waals surface area contributed by atoms with Crippen molar-refractivity contribution in [2.75, 3.05) is 6.61 Å². The second kappa shape index (κ2) is 8.30. The number of carbonyl (C=O) groups is 2. The van der Waals surface area contributed by atoms with E-state index in [0.717, 1.165) is 6.07 Å². The number of rotatable bonds is 7. The van der Waals surface area contributed by atoms with Gasteiger partial charge < -0.3 is 9.47 Å². The van der Waals surface area contributed by atoms with Gasteiger partial charge in [-0.15, -0.1) is 11.3 Å². The molecule has 0 bridgehead atoms. The lowest BCUT2D eigenvalue weighted by atomic mass is 10.1. The lowest BCUT2D eigenvalue weighted by Crippen LogP contribution is -2.20. The molecule has 9 heteroatoms. The number of nitrogens with zero attached hydrogens (tertiary/aromatic N) is 2. The van der Waals surface area contributed by atoms with Crippen LogP contribution in [0.2, 0.25) is 0 Å². The van der Waals surface area contributed by atoms with Crippen LogP contribution in [-0.4, -0.2) is 30.0 Å². The molecule has 0 aliphatic rings. The number of halogens is 2. The zero-order chi connectivity index (χ0) is 18.4. The lowest BCUT2D eigenvalue weighted by molar-refractivity contribution is -0.122. The third-order valence-electron chi connectivity index (χ3n) is 2.98. The lowest BCUT2D eigenvalue weighted by Gasteiger charge is -2.08. The summed E-state index contributed by atoms with van der Waals surface area (Å²) in [5.74, 6) is -2.84. The second-order valence-corrected chi connectivity index (χ2v) is 5.73. The van der Waals surface area contributed by atoms with E-state index in [1.165, 1.54) is 29.5 Å². The van der Waals surface area contributed by atoms with Crippen LogP contribution in [0.3, 0.4) is 0 Å². The highest BCUT2D eigenvalue weighted by Gasteiger charge is 2.24. The molecule has 0 aliphatic heterocycles. The van der Waals surface area contributed by atoms with Gasteiger partial charge in [0.1, 0.15) is 10.8 Å². The molecule has 1 heterocycles. The molecular weight excluding hydrogens is 354 g/mol. The quantitative estimate of drug-likeness (QED) is 0.700. The molecule has 0 spiro atoms. The normalized spacial score (nSPS) is 11.6. The van der Waals surface area contributed by atoms with Crippen LogP contribution in [0.5, 0.6) is 5.75 Å². The molecule has 6 nitrogen and oxygen atoms in total. The molecule has 0 saturated carbocycles. The van der Waals surface area contributed by atoms with Crippen molar-refractivity contribution in [3.05, 3.63) is 45.9 Å². The third-order valence-corrected chi connectivity index (χ3v) is 4.00. The summed E-state index contributed by atoms with van der Waals surface area (Å²) >= 11 is 1.17. The topological polar surface area (TPSA) is 89.3 Å². The molecule has 2 aromatic rings. The van der Waals surface area contributed by atoms with E-state index < -0.39 is 30.9 Å². The van der Waals surface area contributed by atoms with Gasteiger partial charge in [-0.3, -0.25) is 4.79 Å². The molecule has 0 aliphatic carbocycles. The molecule has 2 rings (SSSR count). The Morgan fingerprint density at radius 2 is 2.16 bits per heavy atom. The number of aryl methyl sites for hydroxylation is 1. The zero-order valence-corrected chi connectivity index (χ0v) is 13.8. The smallest absolute Gasteiger partial charge is 0.387 e. The number of ketones is 1. The summed E-state index contributed by atoms with van der Waals surface area (Å²) in [7, 11) is 0. The van der Waals surface area contributed by atoms with Crippen molar-refractivity contribution >= 4 is 23.1 Å². The number of Topliss-reactive ketones (excluding diaryl/α,β-unsaturated/α-hetero) is 1. The molecule has 0 amide bonds. The van der Waals surface area contributed by atoms with Crippen LogP contribution in [0.15, 0.2) is 29.6 Å². The first-order valence-corrected chi connectivity index (χ1v) is 7.85. The summed E-state index contributed by atoms with van der Waals surface area (Å²) in [5.41, 5.74) is 0.630. The minimum absolute atomic E-state index is 0.0513. The van der Waals surface area contributed by atoms with Gasteiger partial charge in [0.05, 0.1) is 11.6 Å². The van der Waals surface area contributed by atoms with E-state index in [4.69, 9.17) is 10.00 Å². The molecule has 0 N–H and O–H groups in total. The van der Waals surface area contributed by atoms with E-state index in [1.54, 1.807) is 12.3 Å². The Labute approximate surface area is 145 Å². The second-order valence-electron chi connectivity index (χ2n) is 4.84. The first kappa shape index (κ1) is 18.5. The molecule has 130 valence electrons. The zero-order valence-electron chi connectivity index (χ0n) is 12.9. The van der Waals surface area contributed by atoms with Gasteiger partial charge in [-0.05, 0) is 25.1 Å². The monoisotopic (exact) mass is 366 g/mol. The molecule has 1 aromatic carbocycles. The Morgan fingerprint density at radius 1 is 1.40 bits per heavy atom. The van der Waals surface area contributed by atoms with E-state index in [2.05, 4.69) is 9.72 Å². The number of nitriles is 1. The number of aromatic nitrogens is 1. The predicted octanol–water partition coefficient (Wildman–Crippen LogP) is 3.09. The number of benzene rings is 1. The van der Waals surface area contributed by atoms with Crippen molar-refractivity contribution in [2.24, 2.45) is 0 Å². The fourth-order valence-electron chi connectivity index (χ4n) is 1.87. The Bertz CT molecular complexity index is 816. The number of alkyl halides is 2. The standard InChI is InChI=1S/C16H12F2N2O4S/c1-9-8-25-14(20-9)12(6-19)13(21)7-23-15(22)10-3-2-4-11(5-10)24-16(17)18/h2-5,8,12,16H,7H2,1H3/t12-/m1/s1. The molecule has 0 saturated heterocycles. The fraction of sp³-hybridized carbons (Fsp3) is 0.250. The van der Waals surface area contributed by atoms with Gasteiger partial charge in [0, 0.05) is 11.1 Å². The Kier molecular flexibility index (Phi) is 6.14. The molecule has 0 radical (unpaired) electrons. The fourth-order valence-corrected chi connectivity index (χ4v) is 2.73. The van der Waals surface area contributed by atoms with Crippen LogP contribution in [-0.2, 0) is 9.53 Å². The maximum Gasteiger partial charge on any atom is 0.387 e. The average Bonchev–Trinajstić information content (AvgIpc) is 2.99. The van der Waals surface area contributed by atoms with E-state index >= 15 is 0 Å². The van der Waals surface area contributed by atoms with Gasteiger partial charge in [-0.25, -0.2) is 9.78 Å². The van der Waals surface area contributed by atoms with Gasteiger partial charge in [-0.1, -0.05) is 6.07 Å². The highest BCUT2D eigenvalue weighted by atomic mass is 32.1. The van der Waals surface area contributed by atoms with Crippen LogP contribution in [0.4, 0.5) is 8.78 Å².